The number of para-hydroxylation sites is 2. The third-order valence-electron chi connectivity index (χ3n) is 6.94. The SMILES string of the molecule is Cc1cc(N2CCN(C)CC2)ccc1Nc1nc2c(c(Nc3ccccc3N(C)S(C)(=O)=O)n1)C=CC2. The first-order valence-electron chi connectivity index (χ1n) is 12.4. The van der Waals surface area contributed by atoms with Gasteiger partial charge in [0.25, 0.3) is 0 Å². The monoisotopic (exact) mass is 519 g/mol. The van der Waals surface area contributed by atoms with Crippen molar-refractivity contribution in [2.45, 2.75) is 13.3 Å². The van der Waals surface area contributed by atoms with Crippen molar-refractivity contribution in [3.63, 3.8) is 0 Å². The molecule has 0 bridgehead atoms. The van der Waals surface area contributed by atoms with Gasteiger partial charge in [-0.05, 0) is 49.9 Å². The van der Waals surface area contributed by atoms with Crippen LogP contribution in [0.25, 0.3) is 6.08 Å². The summed E-state index contributed by atoms with van der Waals surface area (Å²) in [5.41, 5.74) is 6.31. The Kier molecular flexibility index (Phi) is 6.78. The summed E-state index contributed by atoms with van der Waals surface area (Å²) in [7, 11) is 0.282. The van der Waals surface area contributed by atoms with Crippen LogP contribution >= 0.6 is 0 Å². The van der Waals surface area contributed by atoms with E-state index in [-0.39, 0.29) is 0 Å². The molecule has 0 spiro atoms. The zero-order valence-corrected chi connectivity index (χ0v) is 22.5. The number of piperazine rings is 1. The fraction of sp³-hybridized carbons (Fsp3) is 0.333. The van der Waals surface area contributed by atoms with Crippen molar-refractivity contribution in [1.29, 1.82) is 0 Å². The van der Waals surface area contributed by atoms with Gasteiger partial charge in [0.15, 0.2) is 0 Å². The maximum atomic E-state index is 12.2. The lowest BCUT2D eigenvalue weighted by Crippen LogP contribution is -2.44. The van der Waals surface area contributed by atoms with Crippen molar-refractivity contribution >= 4 is 50.6 Å². The zero-order valence-electron chi connectivity index (χ0n) is 21.7. The number of benzene rings is 2. The quantitative estimate of drug-likeness (QED) is 0.484. The summed E-state index contributed by atoms with van der Waals surface area (Å²) in [5, 5.41) is 6.77. The van der Waals surface area contributed by atoms with Crippen LogP contribution in [0.15, 0.2) is 48.5 Å². The number of anilines is 6. The van der Waals surface area contributed by atoms with Gasteiger partial charge in [0, 0.05) is 56.6 Å². The van der Waals surface area contributed by atoms with Crippen LogP contribution in [0.4, 0.5) is 34.5 Å². The Morgan fingerprint density at radius 2 is 1.73 bits per heavy atom. The number of aromatic nitrogens is 2. The number of likely N-dealkylation sites (N-methyl/N-ethyl adjacent to an activating group) is 1. The highest BCUT2D eigenvalue weighted by atomic mass is 32.2. The molecule has 3 aromatic rings. The number of nitrogens with one attached hydrogen (secondary N) is 2. The van der Waals surface area contributed by atoms with E-state index in [9.17, 15) is 8.42 Å². The van der Waals surface area contributed by atoms with Gasteiger partial charge in [-0.2, -0.15) is 4.98 Å². The van der Waals surface area contributed by atoms with E-state index in [2.05, 4.69) is 58.7 Å². The standard InChI is InChI=1S/C27H33N7O2S/c1-19-18-20(34-16-14-32(2)15-17-34)12-13-22(19)29-27-30-23-10-7-8-21(23)26(31-27)28-24-9-5-6-11-25(24)33(3)37(4,35)36/h5-9,11-13,18H,10,14-17H2,1-4H3,(H2,28,29,30,31). The van der Waals surface area contributed by atoms with Gasteiger partial charge < -0.3 is 20.4 Å². The molecule has 0 atom stereocenters. The van der Waals surface area contributed by atoms with Crippen molar-refractivity contribution in [3.8, 4) is 0 Å². The minimum atomic E-state index is -3.42. The van der Waals surface area contributed by atoms with E-state index in [4.69, 9.17) is 9.97 Å². The Morgan fingerprint density at radius 1 is 0.973 bits per heavy atom. The minimum Gasteiger partial charge on any atom is -0.369 e. The second kappa shape index (κ2) is 10.0. The summed E-state index contributed by atoms with van der Waals surface area (Å²) in [4.78, 5) is 14.3. The van der Waals surface area contributed by atoms with E-state index >= 15 is 0 Å². The predicted molar refractivity (Wildman–Crippen MR) is 152 cm³/mol. The first-order chi connectivity index (χ1) is 17.7. The Hall–Kier alpha value is -3.63. The molecule has 2 N–H and O–H groups in total. The Bertz CT molecular complexity index is 1450. The lowest BCUT2D eigenvalue weighted by atomic mass is 10.1. The van der Waals surface area contributed by atoms with E-state index in [0.717, 1.165) is 48.7 Å². The Labute approximate surface area is 218 Å². The number of sulfonamides is 1. The molecule has 0 amide bonds. The second-order valence-corrected chi connectivity index (χ2v) is 11.7. The number of rotatable bonds is 7. The lowest BCUT2D eigenvalue weighted by molar-refractivity contribution is 0.313. The minimum absolute atomic E-state index is 0.495. The van der Waals surface area contributed by atoms with Crippen LogP contribution in [0, 0.1) is 6.92 Å². The molecular weight excluding hydrogens is 486 g/mol. The summed E-state index contributed by atoms with van der Waals surface area (Å²) in [6.07, 6.45) is 5.96. The van der Waals surface area contributed by atoms with Gasteiger partial charge in [0.2, 0.25) is 16.0 Å². The highest BCUT2D eigenvalue weighted by Crippen LogP contribution is 2.34. The van der Waals surface area contributed by atoms with Gasteiger partial charge in [0.1, 0.15) is 5.82 Å². The number of allylic oxidation sites excluding steroid dienone is 1. The molecule has 0 saturated carbocycles. The molecule has 1 aliphatic carbocycles. The van der Waals surface area contributed by atoms with E-state index in [1.165, 1.54) is 16.2 Å². The number of hydrogen-bond acceptors (Lipinski definition) is 8. The average molecular weight is 520 g/mol. The smallest absolute Gasteiger partial charge is 0.232 e. The topological polar surface area (TPSA) is 93.7 Å². The van der Waals surface area contributed by atoms with Crippen molar-refractivity contribution < 1.29 is 8.42 Å². The molecule has 0 unspecified atom stereocenters. The maximum Gasteiger partial charge on any atom is 0.232 e. The highest BCUT2D eigenvalue weighted by molar-refractivity contribution is 7.92. The number of hydrogen-bond donors (Lipinski definition) is 2. The van der Waals surface area contributed by atoms with Gasteiger partial charge in [-0.3, -0.25) is 4.31 Å². The van der Waals surface area contributed by atoms with Gasteiger partial charge in [-0.15, -0.1) is 0 Å². The Balaban J connectivity index is 1.42. The molecule has 1 fully saturated rings. The summed E-state index contributed by atoms with van der Waals surface area (Å²) in [6, 6.07) is 13.7. The third-order valence-corrected chi connectivity index (χ3v) is 8.13. The first kappa shape index (κ1) is 25.0. The van der Waals surface area contributed by atoms with Gasteiger partial charge in [0.05, 0.1) is 23.3 Å². The van der Waals surface area contributed by atoms with Crippen LogP contribution in [0.1, 0.15) is 16.8 Å². The molecule has 1 saturated heterocycles. The van der Waals surface area contributed by atoms with Crippen LogP contribution < -0.4 is 19.8 Å². The summed E-state index contributed by atoms with van der Waals surface area (Å²) < 4.78 is 25.7. The summed E-state index contributed by atoms with van der Waals surface area (Å²) in [6.45, 7) is 6.26. The first-order valence-corrected chi connectivity index (χ1v) is 14.2. The molecule has 10 heteroatoms. The fourth-order valence-corrected chi connectivity index (χ4v) is 5.13. The molecule has 9 nitrogen and oxygen atoms in total. The molecule has 1 aliphatic heterocycles. The largest absolute Gasteiger partial charge is 0.369 e. The number of fused-ring (bicyclic) bond motifs is 1. The molecule has 2 aliphatic rings. The van der Waals surface area contributed by atoms with Crippen LogP contribution in [-0.4, -0.2) is 69.8 Å². The molecule has 0 radical (unpaired) electrons. The van der Waals surface area contributed by atoms with Crippen LogP contribution in [-0.2, 0) is 16.4 Å². The summed E-state index contributed by atoms with van der Waals surface area (Å²) in [5.74, 6) is 1.12. The Morgan fingerprint density at radius 3 is 2.46 bits per heavy atom. The van der Waals surface area contributed by atoms with Crippen LogP contribution in [0.2, 0.25) is 0 Å². The van der Waals surface area contributed by atoms with Crippen molar-refractivity contribution in [1.82, 2.24) is 14.9 Å². The maximum absolute atomic E-state index is 12.2. The van der Waals surface area contributed by atoms with E-state index in [1.54, 1.807) is 13.1 Å². The molecule has 5 rings (SSSR count). The van der Waals surface area contributed by atoms with Crippen LogP contribution in [0.5, 0.6) is 0 Å². The third kappa shape index (κ3) is 5.40. The second-order valence-electron chi connectivity index (χ2n) is 9.65. The van der Waals surface area contributed by atoms with Crippen molar-refractivity contribution in [2.75, 3.05) is 66.4 Å². The number of nitrogens with zero attached hydrogens (tertiary/aromatic N) is 5. The molecule has 2 aromatic carbocycles. The molecule has 37 heavy (non-hydrogen) atoms. The van der Waals surface area contributed by atoms with E-state index < -0.39 is 10.0 Å². The zero-order chi connectivity index (χ0) is 26.2. The average Bonchev–Trinajstić information content (AvgIpc) is 3.34. The summed E-state index contributed by atoms with van der Waals surface area (Å²) >= 11 is 0. The van der Waals surface area contributed by atoms with Gasteiger partial charge in [-0.1, -0.05) is 24.3 Å². The van der Waals surface area contributed by atoms with Gasteiger partial charge in [-0.25, -0.2) is 13.4 Å². The van der Waals surface area contributed by atoms with Crippen molar-refractivity contribution in [3.05, 3.63) is 65.4 Å². The fourth-order valence-electron chi connectivity index (χ4n) is 4.62. The number of aryl methyl sites for hydroxylation is 1. The lowest BCUT2D eigenvalue weighted by Gasteiger charge is -2.34. The molecule has 2 heterocycles. The molecule has 194 valence electrons. The normalized spacial score (nSPS) is 15.5. The molecular formula is C27H33N7O2S. The molecule has 1 aromatic heterocycles. The van der Waals surface area contributed by atoms with Crippen molar-refractivity contribution in [2.24, 2.45) is 0 Å². The van der Waals surface area contributed by atoms with Crippen LogP contribution in [0.3, 0.4) is 0 Å². The predicted octanol–water partition coefficient (Wildman–Crippen LogP) is 3.99. The van der Waals surface area contributed by atoms with E-state index in [0.29, 0.717) is 29.6 Å². The highest BCUT2D eigenvalue weighted by Gasteiger charge is 2.20. The van der Waals surface area contributed by atoms with E-state index in [1.807, 2.05) is 24.3 Å². The van der Waals surface area contributed by atoms with Gasteiger partial charge >= 0.3 is 0 Å².